The highest BCUT2D eigenvalue weighted by Gasteiger charge is 2.22. The maximum absolute atomic E-state index is 5.35. The largest absolute Gasteiger partial charge is 0.292 e. The zero-order chi connectivity index (χ0) is 29.0. The van der Waals surface area contributed by atoms with E-state index in [9.17, 15) is 0 Å². The minimum Gasteiger partial charge on any atom is -0.292 e. The van der Waals surface area contributed by atoms with Gasteiger partial charge < -0.3 is 0 Å². The standard InChI is InChI=1S/C40H25N3S/c1-4-14-26(15-5-1)29-24-32(27-16-6-2-7-17-27)37-33(25-29)36-38(44-37)40(42-39(41-36)28-18-8-3-9-19-28)43-34-22-12-10-20-30(34)31-21-11-13-23-35(31)43/h1-25H. The molecular formula is C40H25N3S. The first kappa shape index (κ1) is 25.0. The van der Waals surface area contributed by atoms with Gasteiger partial charge in [0.1, 0.15) is 0 Å². The molecule has 44 heavy (non-hydrogen) atoms. The highest BCUT2D eigenvalue weighted by Crippen LogP contribution is 2.45. The smallest absolute Gasteiger partial charge is 0.162 e. The topological polar surface area (TPSA) is 30.7 Å². The molecule has 0 aliphatic rings. The van der Waals surface area contributed by atoms with Gasteiger partial charge in [0.15, 0.2) is 11.6 Å². The molecule has 0 saturated heterocycles. The van der Waals surface area contributed by atoms with Crippen LogP contribution in [0.1, 0.15) is 0 Å². The van der Waals surface area contributed by atoms with Gasteiger partial charge in [-0.05, 0) is 41.0 Å². The number of para-hydroxylation sites is 2. The van der Waals surface area contributed by atoms with Gasteiger partial charge in [-0.3, -0.25) is 4.57 Å². The number of rotatable bonds is 4. The number of nitrogens with zero attached hydrogens (tertiary/aromatic N) is 3. The second-order valence-electron chi connectivity index (χ2n) is 11.0. The van der Waals surface area contributed by atoms with Gasteiger partial charge in [-0.2, -0.15) is 0 Å². The van der Waals surface area contributed by atoms with Gasteiger partial charge in [0.2, 0.25) is 0 Å². The van der Waals surface area contributed by atoms with E-state index in [0.29, 0.717) is 0 Å². The Morgan fingerprint density at radius 2 is 0.977 bits per heavy atom. The quantitative estimate of drug-likeness (QED) is 0.208. The molecular weight excluding hydrogens is 555 g/mol. The van der Waals surface area contributed by atoms with Crippen molar-refractivity contribution in [3.05, 3.63) is 152 Å². The van der Waals surface area contributed by atoms with Gasteiger partial charge in [0.05, 0.1) is 21.3 Å². The van der Waals surface area contributed by atoms with Crippen LogP contribution in [-0.2, 0) is 0 Å². The molecule has 4 heteroatoms. The molecule has 9 rings (SSSR count). The van der Waals surface area contributed by atoms with Crippen molar-refractivity contribution in [1.82, 2.24) is 14.5 Å². The molecule has 0 bridgehead atoms. The average molecular weight is 580 g/mol. The van der Waals surface area contributed by atoms with Crippen LogP contribution in [0.4, 0.5) is 0 Å². The van der Waals surface area contributed by atoms with E-state index in [0.717, 1.165) is 43.8 Å². The second-order valence-corrected chi connectivity index (χ2v) is 12.0. The van der Waals surface area contributed by atoms with Crippen LogP contribution in [0.2, 0.25) is 0 Å². The van der Waals surface area contributed by atoms with E-state index in [2.05, 4.69) is 150 Å². The molecule has 0 unspecified atom stereocenters. The fourth-order valence-electron chi connectivity index (χ4n) is 6.38. The minimum absolute atomic E-state index is 0.723. The first-order chi connectivity index (χ1) is 21.8. The molecule has 0 spiro atoms. The monoisotopic (exact) mass is 579 g/mol. The average Bonchev–Trinajstić information content (AvgIpc) is 3.65. The highest BCUT2D eigenvalue weighted by molar-refractivity contribution is 7.26. The Morgan fingerprint density at radius 3 is 1.61 bits per heavy atom. The Kier molecular flexibility index (Phi) is 5.68. The lowest BCUT2D eigenvalue weighted by atomic mass is 9.97. The number of thiophene rings is 1. The molecule has 0 radical (unpaired) electrons. The lowest BCUT2D eigenvalue weighted by molar-refractivity contribution is 1.08. The van der Waals surface area contributed by atoms with Gasteiger partial charge in [-0.15, -0.1) is 11.3 Å². The van der Waals surface area contributed by atoms with Crippen LogP contribution in [0.3, 0.4) is 0 Å². The molecule has 0 aliphatic heterocycles. The van der Waals surface area contributed by atoms with Gasteiger partial charge in [-0.1, -0.05) is 127 Å². The Hall–Kier alpha value is -5.58. The van der Waals surface area contributed by atoms with E-state index in [1.807, 2.05) is 6.07 Å². The Bertz CT molecular complexity index is 2420. The molecule has 6 aromatic carbocycles. The number of hydrogen-bond acceptors (Lipinski definition) is 3. The van der Waals surface area contributed by atoms with Crippen LogP contribution in [0.5, 0.6) is 0 Å². The summed E-state index contributed by atoms with van der Waals surface area (Å²) < 4.78 is 4.62. The molecule has 3 heterocycles. The predicted molar refractivity (Wildman–Crippen MR) is 186 cm³/mol. The van der Waals surface area contributed by atoms with E-state index in [1.54, 1.807) is 11.3 Å². The number of fused-ring (bicyclic) bond motifs is 6. The third kappa shape index (κ3) is 3.89. The third-order valence-corrected chi connectivity index (χ3v) is 9.64. The molecule has 0 amide bonds. The molecule has 0 aliphatic carbocycles. The van der Waals surface area contributed by atoms with Gasteiger partial charge >= 0.3 is 0 Å². The normalized spacial score (nSPS) is 11.6. The Morgan fingerprint density at radius 1 is 0.432 bits per heavy atom. The van der Waals surface area contributed by atoms with E-state index in [4.69, 9.17) is 9.97 Å². The van der Waals surface area contributed by atoms with Crippen LogP contribution < -0.4 is 0 Å². The summed E-state index contributed by atoms with van der Waals surface area (Å²) >= 11 is 1.79. The summed E-state index contributed by atoms with van der Waals surface area (Å²) in [5.74, 6) is 1.63. The summed E-state index contributed by atoms with van der Waals surface area (Å²) in [6, 6.07) is 53.5. The summed E-state index contributed by atoms with van der Waals surface area (Å²) in [6.07, 6.45) is 0. The molecule has 0 atom stereocenters. The van der Waals surface area contributed by atoms with E-state index < -0.39 is 0 Å². The maximum Gasteiger partial charge on any atom is 0.162 e. The fraction of sp³-hybridized carbons (Fsp3) is 0. The first-order valence-electron chi connectivity index (χ1n) is 14.8. The highest BCUT2D eigenvalue weighted by atomic mass is 32.1. The molecule has 3 nitrogen and oxygen atoms in total. The number of benzene rings is 6. The van der Waals surface area contributed by atoms with Crippen LogP contribution in [-0.4, -0.2) is 14.5 Å². The van der Waals surface area contributed by atoms with Crippen molar-refractivity contribution >= 4 is 53.4 Å². The Labute approximate surface area is 258 Å². The minimum atomic E-state index is 0.723. The summed E-state index contributed by atoms with van der Waals surface area (Å²) in [7, 11) is 0. The molecule has 0 fully saturated rings. The van der Waals surface area contributed by atoms with Crippen molar-refractivity contribution in [2.24, 2.45) is 0 Å². The van der Waals surface area contributed by atoms with Crippen molar-refractivity contribution < 1.29 is 0 Å². The molecule has 3 aromatic heterocycles. The summed E-state index contributed by atoms with van der Waals surface area (Å²) in [5, 5.41) is 3.58. The van der Waals surface area contributed by atoms with Crippen LogP contribution in [0.25, 0.3) is 81.6 Å². The zero-order valence-corrected chi connectivity index (χ0v) is 24.5. The molecule has 0 saturated carbocycles. The van der Waals surface area contributed by atoms with E-state index in [1.165, 1.54) is 37.7 Å². The van der Waals surface area contributed by atoms with E-state index >= 15 is 0 Å². The molecule has 0 N–H and O–H groups in total. The van der Waals surface area contributed by atoms with Crippen molar-refractivity contribution in [2.75, 3.05) is 0 Å². The first-order valence-corrected chi connectivity index (χ1v) is 15.6. The van der Waals surface area contributed by atoms with Crippen molar-refractivity contribution in [2.45, 2.75) is 0 Å². The van der Waals surface area contributed by atoms with E-state index in [-0.39, 0.29) is 0 Å². The molecule has 9 aromatic rings. The lowest BCUT2D eigenvalue weighted by Gasteiger charge is -2.11. The van der Waals surface area contributed by atoms with Crippen molar-refractivity contribution in [3.8, 4) is 39.5 Å². The van der Waals surface area contributed by atoms with Gasteiger partial charge in [0, 0.05) is 32.0 Å². The zero-order valence-electron chi connectivity index (χ0n) is 23.7. The summed E-state index contributed by atoms with van der Waals surface area (Å²) in [6.45, 7) is 0. The summed E-state index contributed by atoms with van der Waals surface area (Å²) in [4.78, 5) is 10.7. The number of aromatic nitrogens is 3. The third-order valence-electron chi connectivity index (χ3n) is 8.41. The Balaban J connectivity index is 1.46. The van der Waals surface area contributed by atoms with Gasteiger partial charge in [-0.25, -0.2) is 9.97 Å². The number of hydrogen-bond donors (Lipinski definition) is 0. The van der Waals surface area contributed by atoms with Gasteiger partial charge in [0.25, 0.3) is 0 Å². The van der Waals surface area contributed by atoms with Crippen molar-refractivity contribution in [1.29, 1.82) is 0 Å². The maximum atomic E-state index is 5.35. The van der Waals surface area contributed by atoms with Crippen LogP contribution in [0.15, 0.2) is 152 Å². The fourth-order valence-corrected chi connectivity index (χ4v) is 7.62. The lowest BCUT2D eigenvalue weighted by Crippen LogP contribution is -2.01. The molecule has 206 valence electrons. The summed E-state index contributed by atoms with van der Waals surface area (Å²) in [5.41, 5.74) is 9.01. The van der Waals surface area contributed by atoms with Crippen LogP contribution in [0, 0.1) is 0 Å². The SMILES string of the molecule is c1ccc(-c2cc(-c3ccccc3)c3sc4c(-n5c6ccccc6c6ccccc65)nc(-c5ccccc5)nc4c3c2)cc1. The second kappa shape index (κ2) is 10.0. The van der Waals surface area contributed by atoms with Crippen LogP contribution >= 0.6 is 11.3 Å². The predicted octanol–water partition coefficient (Wildman–Crippen LogP) is 10.9. The van der Waals surface area contributed by atoms with Crippen molar-refractivity contribution in [3.63, 3.8) is 0 Å².